The summed E-state index contributed by atoms with van der Waals surface area (Å²) in [5, 5.41) is 8.91. The molecule has 1 N–H and O–H groups in total. The maximum absolute atomic E-state index is 10.9. The third kappa shape index (κ3) is 3.95. The molecule has 1 amide bonds. The average molecular weight is 267 g/mol. The highest BCUT2D eigenvalue weighted by molar-refractivity contribution is 5.89. The summed E-state index contributed by atoms with van der Waals surface area (Å²) in [6, 6.07) is 17.4. The average Bonchev–Trinajstić information content (AvgIpc) is 2.46. The third-order valence-electron chi connectivity index (χ3n) is 2.74. The molecule has 0 saturated heterocycles. The van der Waals surface area contributed by atoms with Gasteiger partial charge in [-0.2, -0.15) is 5.10 Å². The number of carbonyl (C=O) groups excluding carboxylic acids is 1. The van der Waals surface area contributed by atoms with Crippen LogP contribution < -0.4 is 10.3 Å². The lowest BCUT2D eigenvalue weighted by molar-refractivity contribution is -0.114. The normalized spacial score (nSPS) is 10.5. The standard InChI is InChI=1S/C16H17N3O/c1-13(20)18-15-10-8-14(9-11-15)12-17-19(2)16-6-4-3-5-7-16/h3-12H,1-2H3,(H,18,20)/b17-12-. The van der Waals surface area contributed by atoms with E-state index in [1.54, 1.807) is 6.21 Å². The predicted octanol–water partition coefficient (Wildman–Crippen LogP) is 3.12. The van der Waals surface area contributed by atoms with Crippen LogP contribution in [-0.4, -0.2) is 19.2 Å². The molecule has 2 rings (SSSR count). The summed E-state index contributed by atoms with van der Waals surface area (Å²) in [5.41, 5.74) is 2.78. The van der Waals surface area contributed by atoms with Crippen LogP contribution in [0.1, 0.15) is 12.5 Å². The molecule has 2 aromatic rings. The van der Waals surface area contributed by atoms with Crippen LogP contribution in [0.25, 0.3) is 0 Å². The van der Waals surface area contributed by atoms with E-state index in [1.807, 2.05) is 66.7 Å². The number of amides is 1. The maximum Gasteiger partial charge on any atom is 0.221 e. The van der Waals surface area contributed by atoms with Gasteiger partial charge in [0.15, 0.2) is 0 Å². The van der Waals surface area contributed by atoms with Crippen molar-refractivity contribution >= 4 is 23.5 Å². The van der Waals surface area contributed by atoms with Crippen LogP contribution in [0, 0.1) is 0 Å². The summed E-state index contributed by atoms with van der Waals surface area (Å²) in [6.45, 7) is 1.49. The van der Waals surface area contributed by atoms with Crippen molar-refractivity contribution in [2.75, 3.05) is 17.4 Å². The van der Waals surface area contributed by atoms with Crippen molar-refractivity contribution in [1.82, 2.24) is 0 Å². The number of hydrogen-bond acceptors (Lipinski definition) is 3. The van der Waals surface area contributed by atoms with E-state index >= 15 is 0 Å². The molecule has 0 fully saturated rings. The van der Waals surface area contributed by atoms with Gasteiger partial charge in [0.25, 0.3) is 0 Å². The first-order valence-corrected chi connectivity index (χ1v) is 6.35. The van der Waals surface area contributed by atoms with Crippen LogP contribution in [-0.2, 0) is 4.79 Å². The Kier molecular flexibility index (Phi) is 4.50. The molecule has 0 spiro atoms. The number of nitrogens with zero attached hydrogens (tertiary/aromatic N) is 2. The van der Waals surface area contributed by atoms with Gasteiger partial charge in [0, 0.05) is 19.7 Å². The molecule has 4 nitrogen and oxygen atoms in total. The van der Waals surface area contributed by atoms with Crippen LogP contribution in [0.5, 0.6) is 0 Å². The van der Waals surface area contributed by atoms with Crippen LogP contribution >= 0.6 is 0 Å². The Bertz CT molecular complexity index is 591. The van der Waals surface area contributed by atoms with E-state index in [1.165, 1.54) is 6.92 Å². The van der Waals surface area contributed by atoms with Crippen LogP contribution in [0.4, 0.5) is 11.4 Å². The zero-order valence-electron chi connectivity index (χ0n) is 11.6. The lowest BCUT2D eigenvalue weighted by Gasteiger charge is -2.12. The summed E-state index contributed by atoms with van der Waals surface area (Å²) >= 11 is 0. The zero-order chi connectivity index (χ0) is 14.4. The van der Waals surface area contributed by atoms with E-state index in [2.05, 4.69) is 10.4 Å². The molecule has 0 heterocycles. The zero-order valence-corrected chi connectivity index (χ0v) is 11.6. The fourth-order valence-corrected chi connectivity index (χ4v) is 1.72. The van der Waals surface area contributed by atoms with Gasteiger partial charge in [-0.05, 0) is 29.8 Å². The van der Waals surface area contributed by atoms with Gasteiger partial charge >= 0.3 is 0 Å². The molecule has 102 valence electrons. The first-order chi connectivity index (χ1) is 9.65. The molecule has 2 aromatic carbocycles. The van der Waals surface area contributed by atoms with Gasteiger partial charge in [-0.3, -0.25) is 9.80 Å². The number of carbonyl (C=O) groups is 1. The number of para-hydroxylation sites is 1. The Morgan fingerprint density at radius 2 is 1.75 bits per heavy atom. The summed E-state index contributed by atoms with van der Waals surface area (Å²) in [5.74, 6) is -0.0739. The van der Waals surface area contributed by atoms with Crippen molar-refractivity contribution in [1.29, 1.82) is 0 Å². The summed E-state index contributed by atoms with van der Waals surface area (Å²) in [4.78, 5) is 10.9. The Hall–Kier alpha value is -2.62. The smallest absolute Gasteiger partial charge is 0.221 e. The first-order valence-electron chi connectivity index (χ1n) is 6.35. The number of hydrazone groups is 1. The number of hydrogen-bond donors (Lipinski definition) is 1. The van der Waals surface area contributed by atoms with Crippen LogP contribution in [0.15, 0.2) is 59.7 Å². The number of rotatable bonds is 4. The lowest BCUT2D eigenvalue weighted by Crippen LogP contribution is -2.08. The van der Waals surface area contributed by atoms with E-state index in [-0.39, 0.29) is 5.91 Å². The molecule has 0 aliphatic rings. The maximum atomic E-state index is 10.9. The van der Waals surface area contributed by atoms with Gasteiger partial charge in [-0.25, -0.2) is 0 Å². The molecule has 0 aromatic heterocycles. The van der Waals surface area contributed by atoms with Crippen LogP contribution in [0.2, 0.25) is 0 Å². The quantitative estimate of drug-likeness (QED) is 0.683. The second kappa shape index (κ2) is 6.52. The predicted molar refractivity (Wildman–Crippen MR) is 83.2 cm³/mol. The lowest BCUT2D eigenvalue weighted by atomic mass is 10.2. The Labute approximate surface area is 118 Å². The molecule has 4 heteroatoms. The molecule has 0 saturated carbocycles. The van der Waals surface area contributed by atoms with Gasteiger partial charge in [0.05, 0.1) is 11.9 Å². The SMILES string of the molecule is CC(=O)Nc1ccc(/C=N\N(C)c2ccccc2)cc1. The second-order valence-electron chi connectivity index (χ2n) is 4.41. The van der Waals surface area contributed by atoms with Crippen LogP contribution in [0.3, 0.4) is 0 Å². The van der Waals surface area contributed by atoms with Gasteiger partial charge in [-0.1, -0.05) is 30.3 Å². The van der Waals surface area contributed by atoms with E-state index in [9.17, 15) is 4.79 Å². The summed E-state index contributed by atoms with van der Waals surface area (Å²) < 4.78 is 0. The molecule has 0 atom stereocenters. The Balaban J connectivity index is 2.02. The van der Waals surface area contributed by atoms with Crippen molar-refractivity contribution in [3.05, 3.63) is 60.2 Å². The van der Waals surface area contributed by atoms with Crippen molar-refractivity contribution < 1.29 is 4.79 Å². The number of anilines is 2. The second-order valence-corrected chi connectivity index (χ2v) is 4.41. The minimum atomic E-state index is -0.0739. The highest BCUT2D eigenvalue weighted by atomic mass is 16.1. The monoisotopic (exact) mass is 267 g/mol. The molecule has 0 unspecified atom stereocenters. The van der Waals surface area contributed by atoms with Crippen molar-refractivity contribution in [3.8, 4) is 0 Å². The molecule has 0 aliphatic carbocycles. The first kappa shape index (κ1) is 13.8. The van der Waals surface area contributed by atoms with Crippen molar-refractivity contribution in [3.63, 3.8) is 0 Å². The number of benzene rings is 2. The van der Waals surface area contributed by atoms with E-state index in [0.29, 0.717) is 0 Å². The highest BCUT2D eigenvalue weighted by Crippen LogP contribution is 2.12. The van der Waals surface area contributed by atoms with Gasteiger partial charge in [0.1, 0.15) is 0 Å². The van der Waals surface area contributed by atoms with E-state index in [0.717, 1.165) is 16.9 Å². The van der Waals surface area contributed by atoms with E-state index in [4.69, 9.17) is 0 Å². The molecule has 0 aliphatic heterocycles. The minimum Gasteiger partial charge on any atom is -0.326 e. The van der Waals surface area contributed by atoms with Gasteiger partial charge in [-0.15, -0.1) is 0 Å². The van der Waals surface area contributed by atoms with Gasteiger partial charge in [0.2, 0.25) is 5.91 Å². The number of nitrogens with one attached hydrogen (secondary N) is 1. The fraction of sp³-hybridized carbons (Fsp3) is 0.125. The molecule has 0 bridgehead atoms. The molecule has 20 heavy (non-hydrogen) atoms. The van der Waals surface area contributed by atoms with Crippen molar-refractivity contribution in [2.24, 2.45) is 5.10 Å². The molecular formula is C16H17N3O. The summed E-state index contributed by atoms with van der Waals surface area (Å²) in [6.07, 6.45) is 1.78. The van der Waals surface area contributed by atoms with Gasteiger partial charge < -0.3 is 5.32 Å². The Morgan fingerprint density at radius 1 is 1.10 bits per heavy atom. The minimum absolute atomic E-state index is 0.0739. The molecule has 0 radical (unpaired) electrons. The summed E-state index contributed by atoms with van der Waals surface area (Å²) in [7, 11) is 1.90. The topological polar surface area (TPSA) is 44.7 Å². The fourth-order valence-electron chi connectivity index (χ4n) is 1.72. The third-order valence-corrected chi connectivity index (χ3v) is 2.74. The van der Waals surface area contributed by atoms with E-state index < -0.39 is 0 Å². The highest BCUT2D eigenvalue weighted by Gasteiger charge is 1.97. The van der Waals surface area contributed by atoms with Crippen molar-refractivity contribution in [2.45, 2.75) is 6.92 Å². The Morgan fingerprint density at radius 3 is 2.35 bits per heavy atom. The largest absolute Gasteiger partial charge is 0.326 e. The molecular weight excluding hydrogens is 250 g/mol.